The van der Waals surface area contributed by atoms with Gasteiger partial charge in [-0.1, -0.05) is 41.4 Å². The molecular formula is C13H6Cl2F4. The van der Waals surface area contributed by atoms with E-state index in [2.05, 4.69) is 0 Å². The summed E-state index contributed by atoms with van der Waals surface area (Å²) in [4.78, 5) is 0. The summed E-state index contributed by atoms with van der Waals surface area (Å²) in [5, 5.41) is 0.307. The molecule has 2 aromatic carbocycles. The first kappa shape index (κ1) is 14.2. The Morgan fingerprint density at radius 2 is 1.58 bits per heavy atom. The molecule has 0 aliphatic heterocycles. The lowest BCUT2D eigenvalue weighted by molar-refractivity contribution is -0.137. The molecule has 0 radical (unpaired) electrons. The van der Waals surface area contributed by atoms with Gasteiger partial charge < -0.3 is 0 Å². The standard InChI is InChI=1S/C13H6Cl2F4/c14-10-3-1-2-9(12(10)15)8-5-4-7(6-11(8)16)13(17,18)19/h1-6H. The molecule has 0 heterocycles. The van der Waals surface area contributed by atoms with Gasteiger partial charge in [0.25, 0.3) is 0 Å². The Kier molecular flexibility index (Phi) is 3.74. The molecule has 100 valence electrons. The van der Waals surface area contributed by atoms with E-state index in [1.807, 2.05) is 0 Å². The zero-order chi connectivity index (χ0) is 14.2. The molecule has 0 saturated carbocycles. The van der Waals surface area contributed by atoms with Gasteiger partial charge in [0, 0.05) is 11.1 Å². The van der Waals surface area contributed by atoms with Crippen LogP contribution in [0.2, 0.25) is 10.0 Å². The Morgan fingerprint density at radius 3 is 2.16 bits per heavy atom. The second kappa shape index (κ2) is 5.02. The van der Waals surface area contributed by atoms with Gasteiger partial charge in [-0.25, -0.2) is 4.39 Å². The van der Waals surface area contributed by atoms with Crippen molar-refractivity contribution in [1.82, 2.24) is 0 Å². The van der Waals surface area contributed by atoms with Gasteiger partial charge in [-0.2, -0.15) is 13.2 Å². The smallest absolute Gasteiger partial charge is 0.206 e. The van der Waals surface area contributed by atoms with Crippen LogP contribution in [0.1, 0.15) is 5.56 Å². The molecule has 0 fully saturated rings. The molecule has 0 atom stereocenters. The maximum absolute atomic E-state index is 13.8. The summed E-state index contributed by atoms with van der Waals surface area (Å²) in [6, 6.07) is 6.81. The lowest BCUT2D eigenvalue weighted by atomic mass is 10.0. The van der Waals surface area contributed by atoms with E-state index in [0.29, 0.717) is 6.07 Å². The Bertz CT molecular complexity index is 621. The van der Waals surface area contributed by atoms with E-state index in [4.69, 9.17) is 23.2 Å². The third-order valence-electron chi connectivity index (χ3n) is 2.54. The van der Waals surface area contributed by atoms with E-state index in [9.17, 15) is 17.6 Å². The first-order valence-corrected chi connectivity index (χ1v) is 5.87. The highest BCUT2D eigenvalue weighted by Gasteiger charge is 2.31. The zero-order valence-corrected chi connectivity index (χ0v) is 10.7. The summed E-state index contributed by atoms with van der Waals surface area (Å²) < 4.78 is 51.1. The summed E-state index contributed by atoms with van der Waals surface area (Å²) in [5.41, 5.74) is -0.826. The van der Waals surface area contributed by atoms with Crippen molar-refractivity contribution in [2.45, 2.75) is 6.18 Å². The SMILES string of the molecule is Fc1cc(C(F)(F)F)ccc1-c1cccc(Cl)c1Cl. The average Bonchev–Trinajstić information content (AvgIpc) is 2.32. The Labute approximate surface area is 116 Å². The summed E-state index contributed by atoms with van der Waals surface area (Å²) in [7, 11) is 0. The molecule has 0 aliphatic rings. The molecule has 0 aliphatic carbocycles. The summed E-state index contributed by atoms with van der Waals surface area (Å²) in [6.45, 7) is 0. The number of hydrogen-bond donors (Lipinski definition) is 0. The molecule has 0 unspecified atom stereocenters. The molecule has 0 saturated heterocycles. The van der Waals surface area contributed by atoms with Crippen LogP contribution in [0, 0.1) is 5.82 Å². The highest BCUT2D eigenvalue weighted by molar-refractivity contribution is 6.43. The van der Waals surface area contributed by atoms with Gasteiger partial charge in [0.1, 0.15) is 5.82 Å². The van der Waals surface area contributed by atoms with Crippen molar-refractivity contribution in [1.29, 1.82) is 0 Å². The van der Waals surface area contributed by atoms with Crippen molar-refractivity contribution >= 4 is 23.2 Å². The van der Waals surface area contributed by atoms with Crippen molar-refractivity contribution in [2.24, 2.45) is 0 Å². The maximum atomic E-state index is 13.8. The summed E-state index contributed by atoms with van der Waals surface area (Å²) in [6.07, 6.45) is -4.59. The molecular weight excluding hydrogens is 303 g/mol. The second-order valence-corrected chi connectivity index (χ2v) is 4.58. The molecule has 0 bridgehead atoms. The predicted molar refractivity (Wildman–Crippen MR) is 66.9 cm³/mol. The fourth-order valence-electron chi connectivity index (χ4n) is 1.62. The van der Waals surface area contributed by atoms with Crippen molar-refractivity contribution in [2.75, 3.05) is 0 Å². The summed E-state index contributed by atoms with van der Waals surface area (Å²) >= 11 is 11.7. The Balaban J connectivity index is 2.56. The number of benzene rings is 2. The number of halogens is 6. The van der Waals surface area contributed by atoms with Crippen molar-refractivity contribution in [3.63, 3.8) is 0 Å². The van der Waals surface area contributed by atoms with Crippen LogP contribution in [0.3, 0.4) is 0 Å². The number of hydrogen-bond acceptors (Lipinski definition) is 0. The number of alkyl halides is 3. The molecule has 0 N–H and O–H groups in total. The van der Waals surface area contributed by atoms with E-state index in [1.165, 1.54) is 12.1 Å². The fourth-order valence-corrected chi connectivity index (χ4v) is 2.02. The Hall–Kier alpha value is -1.26. The van der Waals surface area contributed by atoms with Crippen LogP contribution in [-0.4, -0.2) is 0 Å². The van der Waals surface area contributed by atoms with Crippen molar-refractivity contribution in [3.8, 4) is 11.1 Å². The topological polar surface area (TPSA) is 0 Å². The van der Waals surface area contributed by atoms with E-state index in [-0.39, 0.29) is 21.2 Å². The first-order chi connectivity index (χ1) is 8.80. The molecule has 2 rings (SSSR count). The van der Waals surface area contributed by atoms with Crippen LogP contribution in [0.25, 0.3) is 11.1 Å². The van der Waals surface area contributed by atoms with Gasteiger partial charge in [0.2, 0.25) is 0 Å². The van der Waals surface area contributed by atoms with Crippen molar-refractivity contribution < 1.29 is 17.6 Å². The summed E-state index contributed by atoms with van der Waals surface area (Å²) in [5.74, 6) is -1.00. The molecule has 0 amide bonds. The van der Waals surface area contributed by atoms with E-state index in [0.717, 1.165) is 12.1 Å². The minimum atomic E-state index is -4.59. The van der Waals surface area contributed by atoms with Gasteiger partial charge in [0.15, 0.2) is 0 Å². The lowest BCUT2D eigenvalue weighted by Gasteiger charge is -2.10. The average molecular weight is 309 g/mol. The minimum absolute atomic E-state index is 0.0273. The molecule has 0 spiro atoms. The van der Waals surface area contributed by atoms with Crippen molar-refractivity contribution in [3.05, 3.63) is 57.8 Å². The van der Waals surface area contributed by atoms with Crippen LogP contribution in [0.15, 0.2) is 36.4 Å². The predicted octanol–water partition coefficient (Wildman–Crippen LogP) is 5.82. The molecule has 19 heavy (non-hydrogen) atoms. The third-order valence-corrected chi connectivity index (χ3v) is 3.36. The van der Waals surface area contributed by atoms with E-state index < -0.39 is 17.6 Å². The van der Waals surface area contributed by atoms with Crippen LogP contribution >= 0.6 is 23.2 Å². The van der Waals surface area contributed by atoms with Gasteiger partial charge in [0.05, 0.1) is 15.6 Å². The van der Waals surface area contributed by atoms with Crippen LogP contribution in [0.5, 0.6) is 0 Å². The van der Waals surface area contributed by atoms with Gasteiger partial charge >= 0.3 is 6.18 Å². The van der Waals surface area contributed by atoms with Crippen LogP contribution in [-0.2, 0) is 6.18 Å². The quantitative estimate of drug-likeness (QED) is 0.582. The molecule has 2 aromatic rings. The molecule has 0 aromatic heterocycles. The van der Waals surface area contributed by atoms with Gasteiger partial charge in [-0.3, -0.25) is 0 Å². The van der Waals surface area contributed by atoms with E-state index in [1.54, 1.807) is 6.07 Å². The fraction of sp³-hybridized carbons (Fsp3) is 0.0769. The minimum Gasteiger partial charge on any atom is -0.206 e. The third kappa shape index (κ3) is 2.85. The zero-order valence-electron chi connectivity index (χ0n) is 9.23. The first-order valence-electron chi connectivity index (χ1n) is 5.12. The largest absolute Gasteiger partial charge is 0.416 e. The number of rotatable bonds is 1. The maximum Gasteiger partial charge on any atom is 0.416 e. The normalized spacial score (nSPS) is 11.7. The second-order valence-electron chi connectivity index (χ2n) is 3.79. The molecule has 6 heteroatoms. The van der Waals surface area contributed by atoms with Crippen LogP contribution in [0.4, 0.5) is 17.6 Å². The van der Waals surface area contributed by atoms with Gasteiger partial charge in [-0.05, 0) is 18.2 Å². The Morgan fingerprint density at radius 1 is 0.895 bits per heavy atom. The van der Waals surface area contributed by atoms with E-state index >= 15 is 0 Å². The monoisotopic (exact) mass is 308 g/mol. The molecule has 0 nitrogen and oxygen atoms in total. The highest BCUT2D eigenvalue weighted by Crippen LogP contribution is 2.37. The lowest BCUT2D eigenvalue weighted by Crippen LogP contribution is -2.05. The van der Waals surface area contributed by atoms with Gasteiger partial charge in [-0.15, -0.1) is 0 Å². The van der Waals surface area contributed by atoms with Crippen LogP contribution < -0.4 is 0 Å². The highest BCUT2D eigenvalue weighted by atomic mass is 35.5.